The number of pyridine rings is 1. The largest absolute Gasteiger partial charge is 0.478 e. The SMILES string of the molecule is O=C(O)/C=C/C(=O)O.c1ccc2c(c1)c1ccccc1n2Nc1ccncc1. The molecule has 7 heteroatoms. The third-order valence-corrected chi connectivity index (χ3v) is 3.87. The van der Waals surface area contributed by atoms with Crippen molar-refractivity contribution >= 4 is 39.4 Å². The number of para-hydroxylation sites is 2. The summed E-state index contributed by atoms with van der Waals surface area (Å²) in [5.41, 5.74) is 6.81. The lowest BCUT2D eigenvalue weighted by atomic mass is 10.2. The summed E-state index contributed by atoms with van der Waals surface area (Å²) in [6.45, 7) is 0. The van der Waals surface area contributed by atoms with Crippen molar-refractivity contribution in [3.05, 3.63) is 85.2 Å². The molecule has 0 fully saturated rings. The summed E-state index contributed by atoms with van der Waals surface area (Å²) in [7, 11) is 0. The average Bonchev–Trinajstić information content (AvgIpc) is 3.02. The minimum absolute atomic E-state index is 0.558. The first-order valence-corrected chi connectivity index (χ1v) is 8.35. The van der Waals surface area contributed by atoms with Gasteiger partial charge in [-0.3, -0.25) is 15.1 Å². The fourth-order valence-electron chi connectivity index (χ4n) is 2.74. The molecule has 0 bridgehead atoms. The van der Waals surface area contributed by atoms with Crippen molar-refractivity contribution in [1.29, 1.82) is 0 Å². The van der Waals surface area contributed by atoms with Gasteiger partial charge in [-0.2, -0.15) is 0 Å². The number of carboxylic acid groups (broad SMARTS) is 2. The Kier molecular flexibility index (Phi) is 5.66. The number of hydrogen-bond donors (Lipinski definition) is 3. The summed E-state index contributed by atoms with van der Waals surface area (Å²) in [4.78, 5) is 23.2. The number of nitrogens with zero attached hydrogens (tertiary/aromatic N) is 2. The predicted octanol–water partition coefficient (Wildman–Crippen LogP) is 3.78. The molecule has 0 atom stereocenters. The average molecular weight is 375 g/mol. The zero-order chi connectivity index (χ0) is 19.9. The molecule has 0 spiro atoms. The van der Waals surface area contributed by atoms with E-state index in [1.165, 1.54) is 21.8 Å². The Bertz CT molecular complexity index is 1080. The van der Waals surface area contributed by atoms with Gasteiger partial charge in [0.05, 0.1) is 16.7 Å². The molecular formula is C21H17N3O4. The molecule has 2 aromatic carbocycles. The van der Waals surface area contributed by atoms with Crippen LogP contribution in [0.3, 0.4) is 0 Å². The van der Waals surface area contributed by atoms with E-state index in [-0.39, 0.29) is 0 Å². The topological polar surface area (TPSA) is 104 Å². The van der Waals surface area contributed by atoms with Crippen molar-refractivity contribution in [2.24, 2.45) is 0 Å². The van der Waals surface area contributed by atoms with E-state index in [0.29, 0.717) is 12.2 Å². The Morgan fingerprint density at radius 2 is 1.25 bits per heavy atom. The fraction of sp³-hybridized carbons (Fsp3) is 0. The molecule has 0 radical (unpaired) electrons. The van der Waals surface area contributed by atoms with Crippen LogP contribution in [0.15, 0.2) is 85.2 Å². The molecule has 0 amide bonds. The molecule has 0 unspecified atom stereocenters. The Morgan fingerprint density at radius 1 is 0.786 bits per heavy atom. The van der Waals surface area contributed by atoms with E-state index >= 15 is 0 Å². The number of rotatable bonds is 4. The highest BCUT2D eigenvalue weighted by atomic mass is 16.4. The number of fused-ring (bicyclic) bond motifs is 3. The molecule has 0 aliphatic rings. The summed E-state index contributed by atoms with van der Waals surface area (Å²) in [6, 6.07) is 20.8. The lowest BCUT2D eigenvalue weighted by Crippen LogP contribution is -2.08. The first-order valence-electron chi connectivity index (χ1n) is 8.35. The molecule has 140 valence electrons. The van der Waals surface area contributed by atoms with Gasteiger partial charge in [-0.25, -0.2) is 9.59 Å². The normalized spacial score (nSPS) is 10.6. The summed E-state index contributed by atoms with van der Waals surface area (Å²) in [6.07, 6.45) is 4.69. The molecule has 0 saturated heterocycles. The molecule has 4 rings (SSSR count). The van der Waals surface area contributed by atoms with Crippen LogP contribution in [0.2, 0.25) is 0 Å². The number of carboxylic acids is 2. The summed E-state index contributed by atoms with van der Waals surface area (Å²) in [5, 5.41) is 18.1. The van der Waals surface area contributed by atoms with Crippen LogP contribution in [0.4, 0.5) is 5.69 Å². The van der Waals surface area contributed by atoms with Crippen molar-refractivity contribution in [2.75, 3.05) is 5.43 Å². The predicted molar refractivity (Wildman–Crippen MR) is 107 cm³/mol. The Morgan fingerprint density at radius 3 is 1.71 bits per heavy atom. The Balaban J connectivity index is 0.000000242. The highest BCUT2D eigenvalue weighted by Gasteiger charge is 2.09. The lowest BCUT2D eigenvalue weighted by Gasteiger charge is -2.10. The first kappa shape index (κ1) is 18.7. The molecule has 0 saturated carbocycles. The summed E-state index contributed by atoms with van der Waals surface area (Å²) in [5.74, 6) is -2.51. The van der Waals surface area contributed by atoms with Crippen molar-refractivity contribution in [3.63, 3.8) is 0 Å². The zero-order valence-electron chi connectivity index (χ0n) is 14.7. The monoisotopic (exact) mass is 375 g/mol. The third kappa shape index (κ3) is 4.34. The van der Waals surface area contributed by atoms with E-state index < -0.39 is 11.9 Å². The maximum atomic E-state index is 9.55. The van der Waals surface area contributed by atoms with Crippen LogP contribution in [0.5, 0.6) is 0 Å². The number of aliphatic carboxylic acids is 2. The van der Waals surface area contributed by atoms with E-state index in [1.807, 2.05) is 12.1 Å². The highest BCUT2D eigenvalue weighted by molar-refractivity contribution is 6.08. The highest BCUT2D eigenvalue weighted by Crippen LogP contribution is 2.28. The number of carbonyl (C=O) groups is 2. The van der Waals surface area contributed by atoms with E-state index in [1.54, 1.807) is 12.4 Å². The van der Waals surface area contributed by atoms with Crippen LogP contribution in [-0.2, 0) is 9.59 Å². The van der Waals surface area contributed by atoms with Crippen LogP contribution in [-0.4, -0.2) is 31.8 Å². The standard InChI is InChI=1S/C17H13N3.C4H4O4/c1-3-7-16-14(5-1)15-6-2-4-8-17(15)20(16)19-13-9-11-18-12-10-13;5-3(6)1-2-4(7)8/h1-12H,(H,18,19);1-2H,(H,5,6)(H,7,8)/b;2-1+. The minimum Gasteiger partial charge on any atom is -0.478 e. The van der Waals surface area contributed by atoms with Gasteiger partial charge in [0.15, 0.2) is 0 Å². The Hall–Kier alpha value is -4.13. The van der Waals surface area contributed by atoms with Gasteiger partial charge in [0.1, 0.15) is 0 Å². The van der Waals surface area contributed by atoms with E-state index in [0.717, 1.165) is 5.69 Å². The van der Waals surface area contributed by atoms with Crippen molar-refractivity contribution in [2.45, 2.75) is 0 Å². The Labute approximate surface area is 160 Å². The van der Waals surface area contributed by atoms with Gasteiger partial charge in [-0.1, -0.05) is 36.4 Å². The maximum absolute atomic E-state index is 9.55. The molecule has 3 N–H and O–H groups in total. The van der Waals surface area contributed by atoms with E-state index in [2.05, 4.69) is 63.6 Å². The smallest absolute Gasteiger partial charge is 0.328 e. The molecule has 0 aliphatic carbocycles. The van der Waals surface area contributed by atoms with Crippen molar-refractivity contribution in [1.82, 2.24) is 9.66 Å². The molecule has 0 aliphatic heterocycles. The second-order valence-corrected chi connectivity index (χ2v) is 5.73. The summed E-state index contributed by atoms with van der Waals surface area (Å²) >= 11 is 0. The zero-order valence-corrected chi connectivity index (χ0v) is 14.7. The number of hydrogen-bond acceptors (Lipinski definition) is 4. The second kappa shape index (κ2) is 8.50. The van der Waals surface area contributed by atoms with E-state index in [4.69, 9.17) is 10.2 Å². The van der Waals surface area contributed by atoms with Gasteiger partial charge in [0.2, 0.25) is 0 Å². The number of aromatic nitrogens is 2. The van der Waals surface area contributed by atoms with Crippen molar-refractivity contribution < 1.29 is 19.8 Å². The fourth-order valence-corrected chi connectivity index (χ4v) is 2.74. The van der Waals surface area contributed by atoms with Gasteiger partial charge < -0.3 is 10.2 Å². The quantitative estimate of drug-likeness (QED) is 0.469. The van der Waals surface area contributed by atoms with Crippen LogP contribution in [0, 0.1) is 0 Å². The number of nitrogens with one attached hydrogen (secondary N) is 1. The minimum atomic E-state index is -1.26. The molecule has 4 aromatic rings. The first-order chi connectivity index (χ1) is 13.6. The second-order valence-electron chi connectivity index (χ2n) is 5.73. The molecule has 7 nitrogen and oxygen atoms in total. The molecular weight excluding hydrogens is 358 g/mol. The van der Waals surface area contributed by atoms with Crippen LogP contribution < -0.4 is 5.43 Å². The number of benzene rings is 2. The van der Waals surface area contributed by atoms with Crippen LogP contribution in [0.25, 0.3) is 21.8 Å². The lowest BCUT2D eigenvalue weighted by molar-refractivity contribution is -0.134. The summed E-state index contributed by atoms with van der Waals surface area (Å²) < 4.78 is 2.12. The van der Waals surface area contributed by atoms with E-state index in [9.17, 15) is 9.59 Å². The molecule has 2 aromatic heterocycles. The van der Waals surface area contributed by atoms with Gasteiger partial charge in [-0.15, -0.1) is 0 Å². The van der Waals surface area contributed by atoms with Gasteiger partial charge >= 0.3 is 11.9 Å². The van der Waals surface area contributed by atoms with Gasteiger partial charge in [0, 0.05) is 35.3 Å². The number of anilines is 1. The molecule has 2 heterocycles. The third-order valence-electron chi connectivity index (χ3n) is 3.87. The van der Waals surface area contributed by atoms with Gasteiger partial charge in [0.25, 0.3) is 0 Å². The van der Waals surface area contributed by atoms with Gasteiger partial charge in [-0.05, 0) is 24.3 Å². The maximum Gasteiger partial charge on any atom is 0.328 e. The van der Waals surface area contributed by atoms with Crippen molar-refractivity contribution in [3.8, 4) is 0 Å². The van der Waals surface area contributed by atoms with Crippen LogP contribution >= 0.6 is 0 Å². The van der Waals surface area contributed by atoms with Crippen LogP contribution in [0.1, 0.15) is 0 Å². The molecule has 28 heavy (non-hydrogen) atoms.